The summed E-state index contributed by atoms with van der Waals surface area (Å²) in [6.45, 7) is 1.44. The van der Waals surface area contributed by atoms with Crippen molar-refractivity contribution in [3.05, 3.63) is 69.7 Å². The van der Waals surface area contributed by atoms with E-state index in [0.29, 0.717) is 17.0 Å². The number of aromatic nitrogens is 5. The fourth-order valence-corrected chi connectivity index (χ4v) is 4.06. The molecule has 0 bridgehead atoms. The maximum atomic E-state index is 13.4. The predicted molar refractivity (Wildman–Crippen MR) is 108 cm³/mol. The van der Waals surface area contributed by atoms with Crippen LogP contribution in [0.25, 0.3) is 11.4 Å². The Hall–Kier alpha value is -3.10. The van der Waals surface area contributed by atoms with Crippen molar-refractivity contribution >= 4 is 0 Å². The Bertz CT molecular complexity index is 1140. The zero-order valence-electron chi connectivity index (χ0n) is 17.1. The van der Waals surface area contributed by atoms with Gasteiger partial charge in [-0.1, -0.05) is 19.3 Å². The lowest BCUT2D eigenvalue weighted by atomic mass is 9.84. The molecule has 6 nitrogen and oxygen atoms in total. The summed E-state index contributed by atoms with van der Waals surface area (Å²) < 4.78 is 41.4. The summed E-state index contributed by atoms with van der Waals surface area (Å²) in [6.07, 6.45) is 3.03. The van der Waals surface area contributed by atoms with Crippen LogP contribution >= 0.6 is 0 Å². The molecule has 1 saturated carbocycles. The lowest BCUT2D eigenvalue weighted by Gasteiger charge is -2.22. The van der Waals surface area contributed by atoms with Gasteiger partial charge in [0.1, 0.15) is 12.0 Å². The SMILES string of the molecule is Cc1cc(-c2cc(C3CCCCC3)c(=O)n(Cc3ncccc3C(F)(F)F)n2)ncn1. The second kappa shape index (κ2) is 8.56. The number of pyridine rings is 1. The first-order chi connectivity index (χ1) is 14.8. The highest BCUT2D eigenvalue weighted by molar-refractivity contribution is 5.54. The molecule has 31 heavy (non-hydrogen) atoms. The first-order valence-corrected chi connectivity index (χ1v) is 10.2. The Morgan fingerprint density at radius 1 is 1.06 bits per heavy atom. The molecule has 0 aromatic carbocycles. The molecular formula is C22H22F3N5O. The van der Waals surface area contributed by atoms with Crippen LogP contribution in [0.4, 0.5) is 13.2 Å². The van der Waals surface area contributed by atoms with Crippen LogP contribution in [0.3, 0.4) is 0 Å². The fraction of sp³-hybridized carbons (Fsp3) is 0.409. The molecule has 9 heteroatoms. The summed E-state index contributed by atoms with van der Waals surface area (Å²) in [6, 6.07) is 5.67. The van der Waals surface area contributed by atoms with Crippen LogP contribution in [0.2, 0.25) is 0 Å². The van der Waals surface area contributed by atoms with Crippen LogP contribution in [0.5, 0.6) is 0 Å². The van der Waals surface area contributed by atoms with Crippen molar-refractivity contribution in [2.75, 3.05) is 0 Å². The smallest absolute Gasteiger partial charge is 0.267 e. The summed E-state index contributed by atoms with van der Waals surface area (Å²) in [5.41, 5.74) is 0.783. The maximum Gasteiger partial charge on any atom is 0.418 e. The largest absolute Gasteiger partial charge is 0.418 e. The minimum absolute atomic E-state index is 0.0583. The summed E-state index contributed by atoms with van der Waals surface area (Å²) in [5.74, 6) is 0.0583. The van der Waals surface area contributed by atoms with E-state index < -0.39 is 11.7 Å². The van der Waals surface area contributed by atoms with Crippen LogP contribution in [0, 0.1) is 6.92 Å². The summed E-state index contributed by atoms with van der Waals surface area (Å²) >= 11 is 0. The van der Waals surface area contributed by atoms with Crippen molar-refractivity contribution in [1.29, 1.82) is 0 Å². The summed E-state index contributed by atoms with van der Waals surface area (Å²) in [7, 11) is 0. The van der Waals surface area contributed by atoms with E-state index in [0.717, 1.165) is 48.5 Å². The lowest BCUT2D eigenvalue weighted by Crippen LogP contribution is -2.30. The Morgan fingerprint density at radius 3 is 2.55 bits per heavy atom. The summed E-state index contributed by atoms with van der Waals surface area (Å²) in [4.78, 5) is 25.5. The number of nitrogens with zero attached hydrogens (tertiary/aromatic N) is 5. The fourth-order valence-electron chi connectivity index (χ4n) is 4.06. The van der Waals surface area contributed by atoms with Crippen molar-refractivity contribution in [1.82, 2.24) is 24.7 Å². The first kappa shape index (κ1) is 21.1. The van der Waals surface area contributed by atoms with Gasteiger partial charge in [-0.25, -0.2) is 14.6 Å². The van der Waals surface area contributed by atoms with Crippen molar-refractivity contribution in [2.24, 2.45) is 0 Å². The molecule has 3 heterocycles. The van der Waals surface area contributed by atoms with Crippen molar-refractivity contribution < 1.29 is 13.2 Å². The number of rotatable bonds is 4. The molecule has 3 aromatic rings. The van der Waals surface area contributed by atoms with Crippen LogP contribution in [0.1, 0.15) is 60.5 Å². The van der Waals surface area contributed by atoms with Crippen molar-refractivity contribution in [2.45, 2.75) is 57.7 Å². The van der Waals surface area contributed by atoms with E-state index in [9.17, 15) is 18.0 Å². The van der Waals surface area contributed by atoms with Gasteiger partial charge in [-0.05, 0) is 49.9 Å². The molecule has 0 amide bonds. The number of hydrogen-bond acceptors (Lipinski definition) is 5. The van der Waals surface area contributed by atoms with Crippen LogP contribution in [-0.2, 0) is 12.7 Å². The molecule has 162 valence electrons. The van der Waals surface area contributed by atoms with Gasteiger partial charge in [0.2, 0.25) is 0 Å². The third-order valence-electron chi connectivity index (χ3n) is 5.61. The Morgan fingerprint density at radius 2 is 1.84 bits per heavy atom. The minimum Gasteiger partial charge on any atom is -0.267 e. The Balaban J connectivity index is 1.84. The average molecular weight is 429 g/mol. The van der Waals surface area contributed by atoms with E-state index in [1.54, 1.807) is 12.1 Å². The molecule has 0 radical (unpaired) electrons. The van der Waals surface area contributed by atoms with E-state index in [4.69, 9.17) is 0 Å². The van der Waals surface area contributed by atoms with Crippen LogP contribution < -0.4 is 5.56 Å². The molecule has 1 fully saturated rings. The standard InChI is InChI=1S/C22H22F3N5O/c1-14-10-18(28-13-27-14)19-11-16(15-6-3-2-4-7-15)21(31)30(29-19)12-20-17(22(23,24)25)8-5-9-26-20/h5,8-11,13,15H,2-4,6-7,12H2,1H3. The topological polar surface area (TPSA) is 73.6 Å². The third kappa shape index (κ3) is 4.65. The van der Waals surface area contributed by atoms with Gasteiger partial charge in [0.05, 0.1) is 23.5 Å². The van der Waals surface area contributed by atoms with Crippen molar-refractivity contribution in [3.63, 3.8) is 0 Å². The third-order valence-corrected chi connectivity index (χ3v) is 5.61. The minimum atomic E-state index is -4.57. The lowest BCUT2D eigenvalue weighted by molar-refractivity contribution is -0.138. The predicted octanol–water partition coefficient (Wildman–Crippen LogP) is 4.52. The average Bonchev–Trinajstić information content (AvgIpc) is 2.75. The molecular weight excluding hydrogens is 407 g/mol. The number of aryl methyl sites for hydroxylation is 1. The molecule has 0 N–H and O–H groups in total. The van der Waals surface area contributed by atoms with Gasteiger partial charge in [-0.15, -0.1) is 0 Å². The molecule has 0 spiro atoms. The van der Waals surface area contributed by atoms with Gasteiger partial charge >= 0.3 is 6.18 Å². The molecule has 1 aliphatic rings. The molecule has 4 rings (SSSR count). The quantitative estimate of drug-likeness (QED) is 0.610. The first-order valence-electron chi connectivity index (χ1n) is 10.2. The number of halogens is 3. The zero-order chi connectivity index (χ0) is 22.0. The highest BCUT2D eigenvalue weighted by Crippen LogP contribution is 2.33. The van der Waals surface area contributed by atoms with Crippen LogP contribution in [-0.4, -0.2) is 24.7 Å². The second-order valence-electron chi connectivity index (χ2n) is 7.82. The number of alkyl halides is 3. The van der Waals surface area contributed by atoms with E-state index in [1.807, 2.05) is 6.92 Å². The van der Waals surface area contributed by atoms with Crippen molar-refractivity contribution in [3.8, 4) is 11.4 Å². The van der Waals surface area contributed by atoms with Gasteiger partial charge < -0.3 is 0 Å². The zero-order valence-corrected chi connectivity index (χ0v) is 17.1. The van der Waals surface area contributed by atoms with E-state index in [2.05, 4.69) is 20.1 Å². The molecule has 1 aliphatic carbocycles. The highest BCUT2D eigenvalue weighted by Gasteiger charge is 2.34. The monoisotopic (exact) mass is 429 g/mol. The Kier molecular flexibility index (Phi) is 5.84. The van der Waals surface area contributed by atoms with Gasteiger partial charge in [0.15, 0.2) is 0 Å². The van der Waals surface area contributed by atoms with E-state index >= 15 is 0 Å². The second-order valence-corrected chi connectivity index (χ2v) is 7.82. The summed E-state index contributed by atoms with van der Waals surface area (Å²) in [5, 5.41) is 4.36. The molecule has 0 aliphatic heterocycles. The van der Waals surface area contributed by atoms with Crippen LogP contribution in [0.15, 0.2) is 41.6 Å². The van der Waals surface area contributed by atoms with E-state index in [1.165, 1.54) is 18.6 Å². The van der Waals surface area contributed by atoms with Gasteiger partial charge in [-0.2, -0.15) is 18.3 Å². The number of hydrogen-bond donors (Lipinski definition) is 0. The molecule has 0 unspecified atom stereocenters. The van der Waals surface area contributed by atoms with Gasteiger partial charge in [0, 0.05) is 17.5 Å². The molecule has 0 atom stereocenters. The van der Waals surface area contributed by atoms with E-state index in [-0.39, 0.29) is 23.7 Å². The molecule has 3 aromatic heterocycles. The maximum absolute atomic E-state index is 13.4. The Labute approximate surface area is 177 Å². The highest BCUT2D eigenvalue weighted by atomic mass is 19.4. The molecule has 0 saturated heterocycles. The van der Waals surface area contributed by atoms with Gasteiger partial charge in [-0.3, -0.25) is 9.78 Å². The van der Waals surface area contributed by atoms with Gasteiger partial charge in [0.25, 0.3) is 5.56 Å². The normalized spacial score (nSPS) is 15.2.